The molecule has 0 saturated heterocycles. The van der Waals surface area contributed by atoms with E-state index in [1.807, 2.05) is 12.1 Å². The van der Waals surface area contributed by atoms with Crippen molar-refractivity contribution < 1.29 is 13.2 Å². The quantitative estimate of drug-likeness (QED) is 0.234. The van der Waals surface area contributed by atoms with Crippen molar-refractivity contribution in [3.05, 3.63) is 80.3 Å². The lowest BCUT2D eigenvalue weighted by molar-refractivity contribution is 0.483. The van der Waals surface area contributed by atoms with Gasteiger partial charge in [0.25, 0.3) is 10.0 Å². The molecular formula is C24H20Cl3N3O4S. The van der Waals surface area contributed by atoms with E-state index in [0.717, 1.165) is 16.6 Å². The van der Waals surface area contributed by atoms with Crippen LogP contribution in [0.2, 0.25) is 15.1 Å². The molecule has 4 aromatic rings. The number of rotatable bonds is 6. The molecular weight excluding hydrogens is 533 g/mol. The predicted octanol–water partition coefficient (Wildman–Crippen LogP) is 8.42. The second-order valence-corrected chi connectivity index (χ2v) is 11.8. The van der Waals surface area contributed by atoms with Crippen LogP contribution < -0.4 is 9.46 Å². The smallest absolute Gasteiger partial charge is 0.262 e. The van der Waals surface area contributed by atoms with Crippen LogP contribution in [0.5, 0.6) is 11.5 Å². The molecule has 1 aromatic heterocycles. The summed E-state index contributed by atoms with van der Waals surface area (Å²) < 4.78 is 34.4. The van der Waals surface area contributed by atoms with Crippen LogP contribution in [0, 0.1) is 4.91 Å². The molecule has 35 heavy (non-hydrogen) atoms. The van der Waals surface area contributed by atoms with Crippen LogP contribution in [0.25, 0.3) is 10.9 Å². The summed E-state index contributed by atoms with van der Waals surface area (Å²) in [5, 5.41) is 3.71. The summed E-state index contributed by atoms with van der Waals surface area (Å²) in [6, 6.07) is 13.8. The number of nitrogens with zero attached hydrogens (tertiary/aromatic N) is 1. The number of nitrogens with one attached hydrogen (secondary N) is 2. The normalized spacial score (nSPS) is 12.1. The Morgan fingerprint density at radius 2 is 1.60 bits per heavy atom. The maximum atomic E-state index is 13.1. The molecule has 3 aromatic carbocycles. The third-order valence-electron chi connectivity index (χ3n) is 5.20. The number of fused-ring (bicyclic) bond motifs is 1. The molecule has 0 unspecified atom stereocenters. The molecule has 4 rings (SSSR count). The third-order valence-corrected chi connectivity index (χ3v) is 7.41. The van der Waals surface area contributed by atoms with Gasteiger partial charge >= 0.3 is 0 Å². The zero-order chi connectivity index (χ0) is 25.5. The number of halogens is 3. The highest BCUT2D eigenvalue weighted by Gasteiger charge is 2.21. The Hall–Kier alpha value is -2.78. The lowest BCUT2D eigenvalue weighted by Gasteiger charge is -2.15. The zero-order valence-electron chi connectivity index (χ0n) is 18.8. The molecule has 0 atom stereocenters. The Balaban J connectivity index is 1.61. The number of ether oxygens (including phenoxy) is 1. The zero-order valence-corrected chi connectivity index (χ0v) is 21.9. The standard InChI is InChI=1S/C24H20Cl3N3O4S/c1-24(2,3)22-9-13-8-15(4-6-20(13)28-22)30-35(32,33)16-11-18(26)23(19(27)12-16)34-21-7-5-14(29-31)10-17(21)25/h4-12,28,30H,1-3H3. The van der Waals surface area contributed by atoms with E-state index in [-0.39, 0.29) is 42.6 Å². The molecule has 0 aliphatic carbocycles. The van der Waals surface area contributed by atoms with Crippen molar-refractivity contribution in [3.63, 3.8) is 0 Å². The highest BCUT2D eigenvalue weighted by molar-refractivity contribution is 7.92. The van der Waals surface area contributed by atoms with Gasteiger partial charge in [-0.05, 0) is 59.8 Å². The molecule has 0 aliphatic rings. The van der Waals surface area contributed by atoms with Crippen molar-refractivity contribution in [2.24, 2.45) is 5.18 Å². The van der Waals surface area contributed by atoms with E-state index in [2.05, 4.69) is 35.7 Å². The van der Waals surface area contributed by atoms with Crippen molar-refractivity contribution >= 4 is 67.1 Å². The first-order chi connectivity index (χ1) is 16.4. The van der Waals surface area contributed by atoms with E-state index >= 15 is 0 Å². The number of benzene rings is 3. The number of anilines is 1. The molecule has 0 aliphatic heterocycles. The van der Waals surface area contributed by atoms with Crippen LogP contribution >= 0.6 is 34.8 Å². The number of hydrogen-bond donors (Lipinski definition) is 2. The number of H-pyrrole nitrogens is 1. The first-order valence-corrected chi connectivity index (χ1v) is 12.9. The third kappa shape index (κ3) is 5.41. The molecule has 0 amide bonds. The van der Waals surface area contributed by atoms with Gasteiger partial charge in [-0.15, -0.1) is 4.91 Å². The van der Waals surface area contributed by atoms with Gasteiger partial charge in [0.1, 0.15) is 11.4 Å². The van der Waals surface area contributed by atoms with Crippen molar-refractivity contribution in [2.75, 3.05) is 4.72 Å². The lowest BCUT2D eigenvalue weighted by Crippen LogP contribution is -2.13. The van der Waals surface area contributed by atoms with Crippen molar-refractivity contribution in [1.29, 1.82) is 0 Å². The highest BCUT2D eigenvalue weighted by Crippen LogP contribution is 2.41. The highest BCUT2D eigenvalue weighted by atomic mass is 35.5. The van der Waals surface area contributed by atoms with Gasteiger partial charge in [0, 0.05) is 27.7 Å². The minimum Gasteiger partial charge on any atom is -0.453 e. The summed E-state index contributed by atoms with van der Waals surface area (Å²) in [4.78, 5) is 13.9. The summed E-state index contributed by atoms with van der Waals surface area (Å²) in [5.41, 5.74) is 2.38. The predicted molar refractivity (Wildman–Crippen MR) is 141 cm³/mol. The van der Waals surface area contributed by atoms with Crippen molar-refractivity contribution in [3.8, 4) is 11.5 Å². The SMILES string of the molecule is CC(C)(C)c1cc2cc(NS(=O)(=O)c3cc(Cl)c(Oc4ccc(N=O)cc4Cl)c(Cl)c3)ccc2[nH]1. The minimum absolute atomic E-state index is 0.0180. The molecule has 0 saturated carbocycles. The molecule has 0 radical (unpaired) electrons. The fourth-order valence-electron chi connectivity index (χ4n) is 3.34. The number of aromatic amines is 1. The monoisotopic (exact) mass is 551 g/mol. The largest absolute Gasteiger partial charge is 0.453 e. The van der Waals surface area contributed by atoms with E-state index in [4.69, 9.17) is 39.5 Å². The Labute approximate surface area is 217 Å². The molecule has 11 heteroatoms. The Morgan fingerprint density at radius 1 is 0.914 bits per heavy atom. The van der Waals surface area contributed by atoms with Crippen LogP contribution in [0.15, 0.2) is 64.7 Å². The van der Waals surface area contributed by atoms with E-state index in [1.165, 1.54) is 30.3 Å². The van der Waals surface area contributed by atoms with Gasteiger partial charge in [-0.25, -0.2) is 8.42 Å². The van der Waals surface area contributed by atoms with Gasteiger partial charge in [0.05, 0.1) is 20.0 Å². The number of nitroso groups, excluding NO2 is 1. The van der Waals surface area contributed by atoms with Gasteiger partial charge < -0.3 is 9.72 Å². The van der Waals surface area contributed by atoms with E-state index < -0.39 is 10.0 Å². The Morgan fingerprint density at radius 3 is 2.20 bits per heavy atom. The topological polar surface area (TPSA) is 101 Å². The summed E-state index contributed by atoms with van der Waals surface area (Å²) in [7, 11) is -4.01. The maximum absolute atomic E-state index is 13.1. The fraction of sp³-hybridized carbons (Fsp3) is 0.167. The second-order valence-electron chi connectivity index (χ2n) is 8.86. The summed E-state index contributed by atoms with van der Waals surface area (Å²) in [5.74, 6) is 0.190. The Kier molecular flexibility index (Phi) is 6.76. The number of hydrogen-bond acceptors (Lipinski definition) is 5. The molecule has 182 valence electrons. The first-order valence-electron chi connectivity index (χ1n) is 10.3. The van der Waals surface area contributed by atoms with Crippen LogP contribution in [-0.4, -0.2) is 13.4 Å². The van der Waals surface area contributed by atoms with Gasteiger partial charge in [-0.2, -0.15) is 0 Å². The summed E-state index contributed by atoms with van der Waals surface area (Å²) in [6.07, 6.45) is 0. The molecule has 0 fully saturated rings. The summed E-state index contributed by atoms with van der Waals surface area (Å²) >= 11 is 18.7. The van der Waals surface area contributed by atoms with Crippen molar-refractivity contribution in [1.82, 2.24) is 4.98 Å². The van der Waals surface area contributed by atoms with Gasteiger partial charge in [0.15, 0.2) is 5.75 Å². The number of aromatic nitrogens is 1. The average Bonchev–Trinajstić information content (AvgIpc) is 3.20. The van der Waals surface area contributed by atoms with E-state index in [1.54, 1.807) is 12.1 Å². The second kappa shape index (κ2) is 9.35. The Bertz CT molecular complexity index is 1540. The molecule has 1 heterocycles. The fourth-order valence-corrected chi connectivity index (χ4v) is 5.35. The number of sulfonamides is 1. The first kappa shape index (κ1) is 25.3. The van der Waals surface area contributed by atoms with Crippen LogP contribution in [0.4, 0.5) is 11.4 Å². The maximum Gasteiger partial charge on any atom is 0.262 e. The summed E-state index contributed by atoms with van der Waals surface area (Å²) in [6.45, 7) is 6.27. The van der Waals surface area contributed by atoms with E-state index in [0.29, 0.717) is 5.69 Å². The molecule has 0 bridgehead atoms. The molecule has 7 nitrogen and oxygen atoms in total. The van der Waals surface area contributed by atoms with Crippen LogP contribution in [0.1, 0.15) is 26.5 Å². The van der Waals surface area contributed by atoms with Gasteiger partial charge in [0.2, 0.25) is 0 Å². The van der Waals surface area contributed by atoms with Gasteiger partial charge in [-0.3, -0.25) is 4.72 Å². The molecule has 0 spiro atoms. The average molecular weight is 553 g/mol. The lowest BCUT2D eigenvalue weighted by atomic mass is 9.92. The van der Waals surface area contributed by atoms with Crippen LogP contribution in [-0.2, 0) is 15.4 Å². The van der Waals surface area contributed by atoms with Gasteiger partial charge in [-0.1, -0.05) is 55.6 Å². The molecule has 2 N–H and O–H groups in total. The van der Waals surface area contributed by atoms with E-state index in [9.17, 15) is 13.3 Å². The van der Waals surface area contributed by atoms with Crippen molar-refractivity contribution in [2.45, 2.75) is 31.1 Å². The minimum atomic E-state index is -4.01. The van der Waals surface area contributed by atoms with Crippen LogP contribution in [0.3, 0.4) is 0 Å².